The molecule has 4 aromatic rings. The first-order chi connectivity index (χ1) is 16.7. The lowest BCUT2D eigenvalue weighted by atomic mass is 9.89. The molecule has 0 spiro atoms. The summed E-state index contributed by atoms with van der Waals surface area (Å²) in [4.78, 5) is 39.2. The van der Waals surface area contributed by atoms with Crippen molar-refractivity contribution in [2.45, 2.75) is 12.5 Å². The number of carbonyl (C=O) groups excluding carboxylic acids is 2. The predicted octanol–water partition coefficient (Wildman–Crippen LogP) is 3.34. The van der Waals surface area contributed by atoms with E-state index < -0.39 is 11.4 Å². The molecule has 1 atom stereocenters. The maximum Gasteiger partial charge on any atom is 0.255 e. The minimum absolute atomic E-state index is 0.236. The van der Waals surface area contributed by atoms with Crippen molar-refractivity contribution in [2.75, 3.05) is 23.8 Å². The summed E-state index contributed by atoms with van der Waals surface area (Å²) >= 11 is 5.91. The Balaban J connectivity index is 1.71. The van der Waals surface area contributed by atoms with Crippen molar-refractivity contribution in [1.29, 1.82) is 0 Å². The van der Waals surface area contributed by atoms with Crippen LogP contribution in [-0.4, -0.2) is 40.4 Å². The third-order valence-corrected chi connectivity index (χ3v) is 6.30. The summed E-state index contributed by atoms with van der Waals surface area (Å²) in [5.41, 5.74) is 13.7. The van der Waals surface area contributed by atoms with E-state index in [1.807, 2.05) is 43.1 Å². The smallest absolute Gasteiger partial charge is 0.255 e. The number of amides is 2. The molecule has 0 fully saturated rings. The first-order valence-corrected chi connectivity index (χ1v) is 11.1. The molecule has 0 radical (unpaired) electrons. The number of nitrogens with two attached hydrogens (primary N) is 2. The second kappa shape index (κ2) is 9.65. The van der Waals surface area contributed by atoms with E-state index in [0.717, 1.165) is 5.56 Å². The van der Waals surface area contributed by atoms with E-state index in [0.29, 0.717) is 33.5 Å². The molecule has 2 aromatic carbocycles. The van der Waals surface area contributed by atoms with Gasteiger partial charge in [-0.2, -0.15) is 0 Å². The van der Waals surface area contributed by atoms with E-state index in [1.165, 1.54) is 18.6 Å². The number of hydrogen-bond donors (Lipinski definition) is 3. The summed E-state index contributed by atoms with van der Waals surface area (Å²) in [5.74, 6) is -0.287. The monoisotopic (exact) mass is 489 g/mol. The van der Waals surface area contributed by atoms with Gasteiger partial charge in [0.2, 0.25) is 0 Å². The number of nitrogens with one attached hydrogen (secondary N) is 1. The van der Waals surface area contributed by atoms with Crippen LogP contribution in [0.5, 0.6) is 0 Å². The number of nitrogens with zero attached hydrogens (tertiary/aromatic N) is 4. The molecule has 5 N–H and O–H groups in total. The molecule has 2 amide bonds. The summed E-state index contributed by atoms with van der Waals surface area (Å²) in [5, 5.41) is 3.80. The average Bonchev–Trinajstić information content (AvgIpc) is 2.87. The number of likely N-dealkylation sites (N-methyl/N-ethyl adjacent to an activating group) is 1. The Morgan fingerprint density at radius 3 is 2.57 bits per heavy atom. The topological polar surface area (TPSA) is 140 Å². The van der Waals surface area contributed by atoms with Crippen LogP contribution in [-0.2, 0) is 5.54 Å². The second-order valence-corrected chi connectivity index (χ2v) is 8.59. The zero-order valence-corrected chi connectivity index (χ0v) is 20.0. The van der Waals surface area contributed by atoms with Crippen LogP contribution < -0.4 is 21.7 Å². The number of aromatic nitrogens is 3. The molecule has 178 valence electrons. The Morgan fingerprint density at radius 1 is 1.09 bits per heavy atom. The summed E-state index contributed by atoms with van der Waals surface area (Å²) in [6, 6.07) is 15.7. The highest BCUT2D eigenvalue weighted by Crippen LogP contribution is 2.35. The highest BCUT2D eigenvalue weighted by molar-refractivity contribution is 6.29. The van der Waals surface area contributed by atoms with E-state index in [2.05, 4.69) is 20.3 Å². The van der Waals surface area contributed by atoms with Crippen LogP contribution in [0.25, 0.3) is 10.9 Å². The molecule has 0 aliphatic heterocycles. The molecule has 10 heteroatoms. The number of anilines is 2. The molecule has 4 rings (SSSR count). The molecule has 0 saturated heterocycles. The van der Waals surface area contributed by atoms with Gasteiger partial charge in [0.15, 0.2) is 0 Å². The molecule has 35 heavy (non-hydrogen) atoms. The number of carbonyl (C=O) groups is 2. The van der Waals surface area contributed by atoms with Gasteiger partial charge in [-0.05, 0) is 48.9 Å². The molecule has 1 unspecified atom stereocenters. The van der Waals surface area contributed by atoms with Gasteiger partial charge in [-0.3, -0.25) is 9.59 Å². The van der Waals surface area contributed by atoms with Crippen LogP contribution in [0.1, 0.15) is 33.2 Å². The van der Waals surface area contributed by atoms with Crippen LogP contribution in [0.2, 0.25) is 5.15 Å². The van der Waals surface area contributed by atoms with E-state index >= 15 is 0 Å². The van der Waals surface area contributed by atoms with Gasteiger partial charge in [0, 0.05) is 36.4 Å². The lowest BCUT2D eigenvalue weighted by Gasteiger charge is -2.40. The van der Waals surface area contributed by atoms with E-state index in [1.54, 1.807) is 24.3 Å². The van der Waals surface area contributed by atoms with Gasteiger partial charge in [-0.25, -0.2) is 15.0 Å². The van der Waals surface area contributed by atoms with Crippen molar-refractivity contribution in [3.8, 4) is 0 Å². The molecule has 9 nitrogen and oxygen atoms in total. The second-order valence-electron chi connectivity index (χ2n) is 8.20. The van der Waals surface area contributed by atoms with Gasteiger partial charge >= 0.3 is 0 Å². The molecular weight excluding hydrogens is 466 g/mol. The Kier molecular flexibility index (Phi) is 6.63. The molecule has 0 saturated carbocycles. The van der Waals surface area contributed by atoms with Crippen molar-refractivity contribution in [1.82, 2.24) is 15.0 Å². The number of pyridine rings is 1. The van der Waals surface area contributed by atoms with Crippen LogP contribution in [0.3, 0.4) is 0 Å². The van der Waals surface area contributed by atoms with Crippen molar-refractivity contribution in [2.24, 2.45) is 11.5 Å². The third kappa shape index (κ3) is 4.64. The lowest BCUT2D eigenvalue weighted by Crippen LogP contribution is -2.47. The maximum atomic E-state index is 12.7. The van der Waals surface area contributed by atoms with Crippen LogP contribution in [0.4, 0.5) is 11.5 Å². The summed E-state index contributed by atoms with van der Waals surface area (Å²) in [7, 11) is 1.87. The standard InChI is InChI=1S/C25H24ClN7O2/c1-25(13-27,33(2)23-19-8-4-7-18(22(28)34)21(19)30-14-31-23)16-5-3-6-17(12-16)32-24(35)15-9-10-29-20(26)11-15/h3-12,14H,13,27H2,1-2H3,(H2,28,34)(H,32,35). The Hall–Kier alpha value is -4.08. The lowest BCUT2D eigenvalue weighted by molar-refractivity contribution is 0.0998. The highest BCUT2D eigenvalue weighted by Gasteiger charge is 2.32. The zero-order valence-electron chi connectivity index (χ0n) is 19.2. The summed E-state index contributed by atoms with van der Waals surface area (Å²) < 4.78 is 0. The molecular formula is C25H24ClN7O2. The van der Waals surface area contributed by atoms with Gasteiger partial charge in [0.25, 0.3) is 11.8 Å². The van der Waals surface area contributed by atoms with Gasteiger partial charge in [-0.15, -0.1) is 0 Å². The average molecular weight is 490 g/mol. The first-order valence-electron chi connectivity index (χ1n) is 10.8. The van der Waals surface area contributed by atoms with Gasteiger partial charge in [0.1, 0.15) is 17.3 Å². The molecule has 0 aliphatic rings. The Morgan fingerprint density at radius 2 is 1.86 bits per heavy atom. The van der Waals surface area contributed by atoms with Gasteiger partial charge in [-0.1, -0.05) is 29.8 Å². The fourth-order valence-electron chi connectivity index (χ4n) is 3.90. The van der Waals surface area contributed by atoms with Crippen molar-refractivity contribution < 1.29 is 9.59 Å². The SMILES string of the molecule is CN(c1ncnc2c(C(N)=O)cccc12)C(C)(CN)c1cccc(NC(=O)c2ccnc(Cl)c2)c1. The minimum Gasteiger partial charge on any atom is -0.366 e. The van der Waals surface area contributed by atoms with Crippen LogP contribution in [0.15, 0.2) is 67.1 Å². The van der Waals surface area contributed by atoms with Gasteiger partial charge < -0.3 is 21.7 Å². The van der Waals surface area contributed by atoms with E-state index in [9.17, 15) is 9.59 Å². The van der Waals surface area contributed by atoms with Crippen LogP contribution in [0, 0.1) is 0 Å². The number of halogens is 1. The quantitative estimate of drug-likeness (QED) is 0.338. The fourth-order valence-corrected chi connectivity index (χ4v) is 4.07. The zero-order chi connectivity index (χ0) is 25.2. The van der Waals surface area contributed by atoms with Gasteiger partial charge in [0.05, 0.1) is 16.6 Å². The number of benzene rings is 2. The normalized spacial score (nSPS) is 12.7. The molecule has 2 heterocycles. The molecule has 2 aromatic heterocycles. The van der Waals surface area contributed by atoms with Crippen molar-refractivity contribution >= 4 is 45.8 Å². The summed E-state index contributed by atoms with van der Waals surface area (Å²) in [6.07, 6.45) is 2.87. The Labute approximate surface area is 207 Å². The van der Waals surface area contributed by atoms with E-state index in [-0.39, 0.29) is 17.6 Å². The third-order valence-electron chi connectivity index (χ3n) is 6.10. The minimum atomic E-state index is -0.718. The van der Waals surface area contributed by atoms with Crippen LogP contribution >= 0.6 is 11.6 Å². The van der Waals surface area contributed by atoms with E-state index in [4.69, 9.17) is 23.1 Å². The predicted molar refractivity (Wildman–Crippen MR) is 137 cm³/mol. The first kappa shape index (κ1) is 24.1. The number of rotatable bonds is 7. The van der Waals surface area contributed by atoms with Crippen molar-refractivity contribution in [3.05, 3.63) is 89.0 Å². The molecule has 0 bridgehead atoms. The number of para-hydroxylation sites is 1. The largest absolute Gasteiger partial charge is 0.366 e. The maximum absolute atomic E-state index is 12.7. The Bertz CT molecular complexity index is 1430. The number of fused-ring (bicyclic) bond motifs is 1. The number of hydrogen-bond acceptors (Lipinski definition) is 7. The highest BCUT2D eigenvalue weighted by atomic mass is 35.5. The summed E-state index contributed by atoms with van der Waals surface area (Å²) in [6.45, 7) is 2.21. The number of primary amides is 1. The molecule has 0 aliphatic carbocycles. The van der Waals surface area contributed by atoms with Crippen molar-refractivity contribution in [3.63, 3.8) is 0 Å². The fraction of sp³-hybridized carbons (Fsp3) is 0.160.